The fourth-order valence-corrected chi connectivity index (χ4v) is 2.46. The molecule has 1 fully saturated rings. The van der Waals surface area contributed by atoms with Crippen molar-refractivity contribution in [3.05, 3.63) is 39.9 Å². The molecule has 4 unspecified atom stereocenters. The second-order valence-electron chi connectivity index (χ2n) is 6.90. The summed E-state index contributed by atoms with van der Waals surface area (Å²) in [7, 11) is 1.58. The van der Waals surface area contributed by atoms with Crippen LogP contribution in [0.1, 0.15) is 44.5 Å². The highest BCUT2D eigenvalue weighted by molar-refractivity contribution is 5.89. The van der Waals surface area contributed by atoms with Crippen LogP contribution in [-0.2, 0) is 14.2 Å². The van der Waals surface area contributed by atoms with Gasteiger partial charge in [-0.15, -0.1) is 0 Å². The number of hydrogen-bond acceptors (Lipinski definition) is 8. The first-order valence-electron chi connectivity index (χ1n) is 8.50. The predicted molar refractivity (Wildman–Crippen MR) is 95.9 cm³/mol. The van der Waals surface area contributed by atoms with Gasteiger partial charge in [0.1, 0.15) is 6.10 Å². The van der Waals surface area contributed by atoms with E-state index in [1.807, 2.05) is 6.92 Å². The van der Waals surface area contributed by atoms with E-state index in [4.69, 9.17) is 24.4 Å². The molecule has 152 valence electrons. The van der Waals surface area contributed by atoms with Crippen LogP contribution in [0.5, 0.6) is 0 Å². The van der Waals surface area contributed by atoms with Gasteiger partial charge in [-0.25, -0.2) is 4.79 Å². The summed E-state index contributed by atoms with van der Waals surface area (Å²) in [5.74, 6) is -1.80. The lowest BCUT2D eigenvalue weighted by atomic mass is 10.0. The fraction of sp³-hybridized carbons (Fsp3) is 0.611. The van der Waals surface area contributed by atoms with Crippen molar-refractivity contribution < 1.29 is 34.1 Å². The first-order valence-corrected chi connectivity index (χ1v) is 8.50. The van der Waals surface area contributed by atoms with E-state index in [2.05, 4.69) is 0 Å². The molecule has 4 atom stereocenters. The van der Waals surface area contributed by atoms with Crippen LogP contribution in [0.15, 0.2) is 24.3 Å². The minimum absolute atomic E-state index is 0.0690. The molecule has 0 bridgehead atoms. The molecule has 0 aliphatic carbocycles. The first kappa shape index (κ1) is 23.0. The molecule has 27 heavy (non-hydrogen) atoms. The molecule has 0 spiro atoms. The lowest BCUT2D eigenvalue weighted by Gasteiger charge is -2.20. The molecule has 2 N–H and O–H groups in total. The average molecular weight is 385 g/mol. The van der Waals surface area contributed by atoms with Crippen LogP contribution in [0.4, 0.5) is 5.69 Å². The Hall–Kier alpha value is -2.07. The van der Waals surface area contributed by atoms with E-state index >= 15 is 0 Å². The van der Waals surface area contributed by atoms with Crippen LogP contribution in [-0.4, -0.2) is 52.5 Å². The highest BCUT2D eigenvalue weighted by atomic mass is 16.7. The largest absolute Gasteiger partial charge is 0.456 e. The van der Waals surface area contributed by atoms with Gasteiger partial charge in [0.05, 0.1) is 16.6 Å². The van der Waals surface area contributed by atoms with E-state index in [-0.39, 0.29) is 29.6 Å². The summed E-state index contributed by atoms with van der Waals surface area (Å²) in [5.41, 5.74) is 0.201. The maximum absolute atomic E-state index is 12.0. The van der Waals surface area contributed by atoms with Crippen molar-refractivity contribution in [1.29, 1.82) is 0 Å². The Kier molecular flexibility index (Phi) is 8.29. The number of nitro benzene ring substituents is 1. The third-order valence-electron chi connectivity index (χ3n) is 3.74. The standard InChI is InChI=1S/C15H19NO6.C3H8O2/c1-9-8-13(22-15(9)20-3)10(2)21-14(17)11-4-6-12(7-5-11)16(18)19;1-3(2,4)5/h4-7,9-10,13,15H,8H2,1-3H3;4-5H,1-2H3. The smallest absolute Gasteiger partial charge is 0.338 e. The zero-order valence-corrected chi connectivity index (χ0v) is 16.1. The molecule has 1 aliphatic heterocycles. The Bertz CT molecular complexity index is 619. The van der Waals surface area contributed by atoms with Crippen LogP contribution < -0.4 is 0 Å². The maximum atomic E-state index is 12.0. The van der Waals surface area contributed by atoms with Gasteiger partial charge in [0, 0.05) is 25.2 Å². The molecule has 1 aromatic carbocycles. The molecule has 1 saturated heterocycles. The number of ether oxygens (including phenoxy) is 3. The second-order valence-corrected chi connectivity index (χ2v) is 6.90. The third-order valence-corrected chi connectivity index (χ3v) is 3.74. The maximum Gasteiger partial charge on any atom is 0.338 e. The summed E-state index contributed by atoms with van der Waals surface area (Å²) >= 11 is 0. The molecule has 1 aliphatic rings. The van der Waals surface area contributed by atoms with Gasteiger partial charge >= 0.3 is 5.97 Å². The third kappa shape index (κ3) is 8.00. The van der Waals surface area contributed by atoms with E-state index in [0.29, 0.717) is 0 Å². The first-order chi connectivity index (χ1) is 12.4. The minimum atomic E-state index is -1.50. The molecular formula is C18H27NO8. The number of hydrogen-bond donors (Lipinski definition) is 2. The van der Waals surface area contributed by atoms with E-state index in [9.17, 15) is 14.9 Å². The zero-order valence-electron chi connectivity index (χ0n) is 16.1. The van der Waals surface area contributed by atoms with Crippen molar-refractivity contribution in [1.82, 2.24) is 0 Å². The molecule has 1 aromatic rings. The summed E-state index contributed by atoms with van der Waals surface area (Å²) < 4.78 is 16.3. The average Bonchev–Trinajstić information content (AvgIpc) is 2.94. The molecule has 0 aromatic heterocycles. The highest BCUT2D eigenvalue weighted by Crippen LogP contribution is 2.29. The Morgan fingerprint density at radius 2 is 1.85 bits per heavy atom. The quantitative estimate of drug-likeness (QED) is 0.342. The van der Waals surface area contributed by atoms with Gasteiger partial charge in [0.2, 0.25) is 0 Å². The number of esters is 1. The van der Waals surface area contributed by atoms with Crippen molar-refractivity contribution in [2.75, 3.05) is 7.11 Å². The van der Waals surface area contributed by atoms with Crippen LogP contribution in [0.25, 0.3) is 0 Å². The van der Waals surface area contributed by atoms with E-state index in [1.54, 1.807) is 14.0 Å². The summed E-state index contributed by atoms with van der Waals surface area (Å²) in [5, 5.41) is 26.7. The summed E-state index contributed by atoms with van der Waals surface area (Å²) in [6, 6.07) is 5.30. The number of carbonyl (C=O) groups is 1. The Morgan fingerprint density at radius 3 is 2.26 bits per heavy atom. The monoisotopic (exact) mass is 385 g/mol. The van der Waals surface area contributed by atoms with Gasteiger partial charge in [-0.2, -0.15) is 0 Å². The predicted octanol–water partition coefficient (Wildman–Crippen LogP) is 2.24. The molecule has 0 amide bonds. The molecule has 0 radical (unpaired) electrons. The molecule has 9 heteroatoms. The molecular weight excluding hydrogens is 358 g/mol. The lowest BCUT2D eigenvalue weighted by molar-refractivity contribution is -0.384. The van der Waals surface area contributed by atoms with E-state index in [0.717, 1.165) is 6.42 Å². The molecule has 0 saturated carbocycles. The van der Waals surface area contributed by atoms with Gasteiger partial charge in [-0.05, 0) is 39.3 Å². The Labute approximate surface area is 158 Å². The molecule has 1 heterocycles. The highest BCUT2D eigenvalue weighted by Gasteiger charge is 2.36. The number of rotatable bonds is 5. The van der Waals surface area contributed by atoms with Crippen molar-refractivity contribution in [2.45, 2.75) is 58.4 Å². The Balaban J connectivity index is 0.000000646. The van der Waals surface area contributed by atoms with Crippen molar-refractivity contribution in [3.8, 4) is 0 Å². The zero-order chi connectivity index (χ0) is 20.8. The number of non-ortho nitro benzene ring substituents is 1. The van der Waals surface area contributed by atoms with Crippen molar-refractivity contribution in [2.24, 2.45) is 5.92 Å². The van der Waals surface area contributed by atoms with Crippen LogP contribution >= 0.6 is 0 Å². The number of nitrogens with zero attached hydrogens (tertiary/aromatic N) is 1. The number of aliphatic hydroxyl groups is 2. The van der Waals surface area contributed by atoms with Gasteiger partial charge in [0.15, 0.2) is 12.1 Å². The number of nitro groups is 1. The fourth-order valence-electron chi connectivity index (χ4n) is 2.46. The number of carbonyl (C=O) groups excluding carboxylic acids is 1. The van der Waals surface area contributed by atoms with Gasteiger partial charge in [-0.3, -0.25) is 10.1 Å². The lowest BCUT2D eigenvalue weighted by Crippen LogP contribution is -2.29. The summed E-state index contributed by atoms with van der Waals surface area (Å²) in [6.07, 6.45) is -0.189. The van der Waals surface area contributed by atoms with E-state index < -0.39 is 22.8 Å². The molecule has 9 nitrogen and oxygen atoms in total. The van der Waals surface area contributed by atoms with E-state index in [1.165, 1.54) is 38.1 Å². The van der Waals surface area contributed by atoms with Crippen molar-refractivity contribution in [3.63, 3.8) is 0 Å². The van der Waals surface area contributed by atoms with Gasteiger partial charge < -0.3 is 24.4 Å². The topological polar surface area (TPSA) is 128 Å². The normalized spacial score (nSPS) is 23.1. The second kappa shape index (κ2) is 9.75. The summed E-state index contributed by atoms with van der Waals surface area (Å²) in [6.45, 7) is 6.37. The van der Waals surface area contributed by atoms with Crippen LogP contribution in [0.2, 0.25) is 0 Å². The van der Waals surface area contributed by atoms with Crippen LogP contribution in [0.3, 0.4) is 0 Å². The van der Waals surface area contributed by atoms with Gasteiger partial charge in [0.25, 0.3) is 5.69 Å². The minimum Gasteiger partial charge on any atom is -0.456 e. The summed E-state index contributed by atoms with van der Waals surface area (Å²) in [4.78, 5) is 22.1. The SMILES string of the molecule is CC(C)(O)O.COC1OC(C(C)OC(=O)c2ccc([N+](=O)[O-])cc2)CC1C. The number of methoxy groups -OCH3 is 1. The van der Waals surface area contributed by atoms with Gasteiger partial charge in [-0.1, -0.05) is 6.92 Å². The van der Waals surface area contributed by atoms with Crippen molar-refractivity contribution >= 4 is 11.7 Å². The van der Waals surface area contributed by atoms with Crippen LogP contribution in [0, 0.1) is 16.0 Å². The number of benzene rings is 1. The Morgan fingerprint density at radius 1 is 1.33 bits per heavy atom. The molecule has 2 rings (SSSR count).